The van der Waals surface area contributed by atoms with Gasteiger partial charge in [-0.3, -0.25) is 14.6 Å². The predicted molar refractivity (Wildman–Crippen MR) is 125 cm³/mol. The molecule has 0 aromatic heterocycles. The van der Waals surface area contributed by atoms with Crippen LogP contribution in [0.4, 0.5) is 17.6 Å². The van der Waals surface area contributed by atoms with Gasteiger partial charge in [0.15, 0.2) is 0 Å². The van der Waals surface area contributed by atoms with Crippen molar-refractivity contribution in [2.75, 3.05) is 39.3 Å². The molecule has 2 saturated heterocycles. The third-order valence-electron chi connectivity index (χ3n) is 6.38. The Bertz CT molecular complexity index is 1110. The van der Waals surface area contributed by atoms with Gasteiger partial charge < -0.3 is 9.64 Å². The maximum atomic E-state index is 13.2. The Morgan fingerprint density at radius 1 is 0.944 bits per heavy atom. The van der Waals surface area contributed by atoms with Crippen LogP contribution in [0.2, 0.25) is 10.0 Å². The van der Waals surface area contributed by atoms with Crippen LogP contribution in [0.5, 0.6) is 0 Å². The van der Waals surface area contributed by atoms with Gasteiger partial charge in [-0.15, -0.1) is 0 Å². The van der Waals surface area contributed by atoms with Gasteiger partial charge in [0, 0.05) is 44.8 Å². The van der Waals surface area contributed by atoms with Gasteiger partial charge in [-0.25, -0.2) is 9.18 Å². The fourth-order valence-electron chi connectivity index (χ4n) is 4.51. The zero-order valence-corrected chi connectivity index (χ0v) is 20.5. The highest BCUT2D eigenvalue weighted by molar-refractivity contribution is 6.42. The Morgan fingerprint density at radius 3 is 2.22 bits per heavy atom. The Kier molecular flexibility index (Phi) is 8.09. The summed E-state index contributed by atoms with van der Waals surface area (Å²) in [6.45, 7) is 2.73. The van der Waals surface area contributed by atoms with Gasteiger partial charge in [-0.2, -0.15) is 13.2 Å². The average Bonchev–Trinajstić information content (AvgIpc) is 3.25. The van der Waals surface area contributed by atoms with Crippen molar-refractivity contribution in [3.63, 3.8) is 0 Å². The molecule has 0 unspecified atom stereocenters. The summed E-state index contributed by atoms with van der Waals surface area (Å²) in [5.41, 5.74) is 1.18. The Labute approximate surface area is 215 Å². The number of piperazine rings is 1. The normalized spacial score (nSPS) is 21.6. The number of likely N-dealkylation sites (tertiary alicyclic amines) is 1. The lowest BCUT2D eigenvalue weighted by Gasteiger charge is -2.39. The molecule has 12 heteroatoms. The average molecular weight is 548 g/mol. The van der Waals surface area contributed by atoms with E-state index in [1.165, 1.54) is 35.2 Å². The second kappa shape index (κ2) is 10.9. The summed E-state index contributed by atoms with van der Waals surface area (Å²) in [6, 6.07) is 9.93. The number of ether oxygens (including phenoxy) is 1. The molecule has 194 valence electrons. The molecule has 0 spiro atoms. The number of rotatable bonds is 5. The van der Waals surface area contributed by atoms with E-state index in [2.05, 4.69) is 4.90 Å². The number of hydrogen-bond acceptors (Lipinski definition) is 5. The molecule has 2 fully saturated rings. The fourth-order valence-corrected chi connectivity index (χ4v) is 4.80. The number of alkyl halides is 3. The van der Waals surface area contributed by atoms with Crippen LogP contribution in [0, 0.1) is 5.82 Å². The summed E-state index contributed by atoms with van der Waals surface area (Å²) in [6.07, 6.45) is -6.28. The molecule has 0 bridgehead atoms. The highest BCUT2D eigenvalue weighted by Gasteiger charge is 2.47. The second-order valence-corrected chi connectivity index (χ2v) is 9.60. The van der Waals surface area contributed by atoms with Crippen molar-refractivity contribution in [1.29, 1.82) is 0 Å². The summed E-state index contributed by atoms with van der Waals surface area (Å²) >= 11 is 11.9. The summed E-state index contributed by atoms with van der Waals surface area (Å²) in [5, 5.41) is 0.443. The van der Waals surface area contributed by atoms with E-state index in [0.717, 1.165) is 5.56 Å². The van der Waals surface area contributed by atoms with Crippen molar-refractivity contribution >= 4 is 35.1 Å². The maximum absolute atomic E-state index is 13.2. The maximum Gasteiger partial charge on any atom is 0.490 e. The van der Waals surface area contributed by atoms with Crippen molar-refractivity contribution in [2.24, 2.45) is 0 Å². The molecule has 2 atom stereocenters. The van der Waals surface area contributed by atoms with E-state index in [4.69, 9.17) is 27.9 Å². The lowest BCUT2D eigenvalue weighted by atomic mass is 10.1. The number of amides is 1. The van der Waals surface area contributed by atoms with Gasteiger partial charge in [0.25, 0.3) is 5.91 Å². The van der Waals surface area contributed by atoms with E-state index in [-0.39, 0.29) is 34.5 Å². The molecule has 0 N–H and O–H groups in total. The minimum atomic E-state index is -5.14. The molecule has 0 saturated carbocycles. The minimum absolute atomic E-state index is 0.0901. The quantitative estimate of drug-likeness (QED) is 0.414. The first-order valence-electron chi connectivity index (χ1n) is 11.2. The van der Waals surface area contributed by atoms with Gasteiger partial charge in [0.05, 0.1) is 22.6 Å². The van der Waals surface area contributed by atoms with E-state index < -0.39 is 30.2 Å². The Balaban J connectivity index is 1.44. The number of hydrogen-bond donors (Lipinski definition) is 0. The van der Waals surface area contributed by atoms with Crippen molar-refractivity contribution in [2.45, 2.75) is 24.9 Å². The third kappa shape index (κ3) is 6.29. The van der Waals surface area contributed by atoms with Crippen molar-refractivity contribution in [1.82, 2.24) is 14.7 Å². The van der Waals surface area contributed by atoms with Crippen LogP contribution in [0.25, 0.3) is 0 Å². The summed E-state index contributed by atoms with van der Waals surface area (Å²) < 4.78 is 56.8. The molecule has 2 aliphatic heterocycles. The number of halogens is 6. The molecule has 2 aliphatic rings. The highest BCUT2D eigenvalue weighted by Crippen LogP contribution is 2.28. The molecule has 4 rings (SSSR count). The number of benzene rings is 2. The number of nitrogens with zero attached hydrogens (tertiary/aromatic N) is 3. The van der Waals surface area contributed by atoms with Crippen LogP contribution in [0.1, 0.15) is 15.9 Å². The molecule has 0 radical (unpaired) electrons. The first kappa shape index (κ1) is 26.7. The van der Waals surface area contributed by atoms with E-state index in [1.807, 2.05) is 4.90 Å². The van der Waals surface area contributed by atoms with Crippen molar-refractivity contribution < 1.29 is 31.9 Å². The molecule has 0 aliphatic carbocycles. The highest BCUT2D eigenvalue weighted by atomic mass is 35.5. The summed E-state index contributed by atoms with van der Waals surface area (Å²) in [7, 11) is 0. The van der Waals surface area contributed by atoms with Gasteiger partial charge in [-0.1, -0.05) is 35.3 Å². The van der Waals surface area contributed by atoms with Crippen molar-refractivity contribution in [3.05, 3.63) is 69.5 Å². The smallest absolute Gasteiger partial charge is 0.452 e. The molecule has 2 aromatic carbocycles. The molecular weight excluding hydrogens is 525 g/mol. The lowest BCUT2D eigenvalue weighted by molar-refractivity contribution is -0.206. The van der Waals surface area contributed by atoms with Gasteiger partial charge in [0.2, 0.25) is 0 Å². The predicted octanol–water partition coefficient (Wildman–Crippen LogP) is 4.25. The number of carbonyl (C=O) groups is 2. The largest absolute Gasteiger partial charge is 0.490 e. The molecule has 2 heterocycles. The van der Waals surface area contributed by atoms with Crippen LogP contribution >= 0.6 is 23.2 Å². The van der Waals surface area contributed by atoms with Gasteiger partial charge in [0.1, 0.15) is 11.9 Å². The molecular formula is C24H23Cl2F4N3O3. The third-order valence-corrected chi connectivity index (χ3v) is 7.11. The number of carbonyl (C=O) groups excluding carboxylic acids is 2. The second-order valence-electron chi connectivity index (χ2n) is 8.79. The topological polar surface area (TPSA) is 53.1 Å². The van der Waals surface area contributed by atoms with Crippen LogP contribution in [0.15, 0.2) is 42.5 Å². The van der Waals surface area contributed by atoms with E-state index >= 15 is 0 Å². The fraction of sp³-hybridized carbons (Fsp3) is 0.417. The molecule has 1 amide bonds. The van der Waals surface area contributed by atoms with E-state index in [9.17, 15) is 27.2 Å². The van der Waals surface area contributed by atoms with Crippen LogP contribution < -0.4 is 0 Å². The zero-order chi connectivity index (χ0) is 26.0. The van der Waals surface area contributed by atoms with Crippen LogP contribution in [-0.2, 0) is 16.1 Å². The van der Waals surface area contributed by atoms with E-state index in [0.29, 0.717) is 32.7 Å². The standard InChI is InChI=1S/C24H23Cl2F4N3O3/c25-18-6-3-16(11-19(18)26)22(34)33-13-20(21(14-33)36-23(35)24(28,29)30)32-9-7-31(8-10-32)12-15-1-4-17(27)5-2-15/h1-6,11,20-21H,7-10,12-14H2/t20-,21-/m0/s1. The lowest BCUT2D eigenvalue weighted by Crippen LogP contribution is -2.54. The minimum Gasteiger partial charge on any atom is -0.452 e. The SMILES string of the molecule is O=C(c1ccc(Cl)c(Cl)c1)N1C[C@H](OC(=O)C(F)(F)F)[C@@H](N2CCN(Cc3ccc(F)cc3)CC2)C1. The molecule has 2 aromatic rings. The van der Waals surface area contributed by atoms with Crippen LogP contribution in [-0.4, -0.2) is 84.2 Å². The van der Waals surface area contributed by atoms with E-state index in [1.54, 1.807) is 12.1 Å². The first-order valence-corrected chi connectivity index (χ1v) is 12.0. The molecule has 36 heavy (non-hydrogen) atoms. The summed E-state index contributed by atoms with van der Waals surface area (Å²) in [5.74, 6) is -3.04. The monoisotopic (exact) mass is 547 g/mol. The van der Waals surface area contributed by atoms with Crippen molar-refractivity contribution in [3.8, 4) is 0 Å². The van der Waals surface area contributed by atoms with Gasteiger partial charge in [-0.05, 0) is 35.9 Å². The van der Waals surface area contributed by atoms with Gasteiger partial charge >= 0.3 is 12.1 Å². The zero-order valence-electron chi connectivity index (χ0n) is 19.0. The summed E-state index contributed by atoms with van der Waals surface area (Å²) in [4.78, 5) is 30.1. The van der Waals surface area contributed by atoms with Crippen LogP contribution in [0.3, 0.4) is 0 Å². The Hall–Kier alpha value is -2.40. The Morgan fingerprint density at radius 2 is 1.61 bits per heavy atom. The number of esters is 1. The molecule has 6 nitrogen and oxygen atoms in total. The first-order chi connectivity index (χ1) is 17.0.